The van der Waals surface area contributed by atoms with E-state index >= 15 is 0 Å². The van der Waals surface area contributed by atoms with Crippen LogP contribution in [0.2, 0.25) is 0 Å². The summed E-state index contributed by atoms with van der Waals surface area (Å²) in [4.78, 5) is 0. The van der Waals surface area contributed by atoms with Gasteiger partial charge in [-0.05, 0) is 30.9 Å². The Hall–Kier alpha value is 0.310. The fourth-order valence-corrected chi connectivity index (χ4v) is 1.65. The Morgan fingerprint density at radius 3 is 2.60 bits per heavy atom. The van der Waals surface area contributed by atoms with Crippen LogP contribution in [0.3, 0.4) is 0 Å². The molecule has 10 heavy (non-hydrogen) atoms. The molecular weight excluding hydrogens is 142 g/mol. The number of unbranched alkanes of at least 4 members (excludes halogenated alkanes) is 1. The summed E-state index contributed by atoms with van der Waals surface area (Å²) < 4.78 is 0. The van der Waals surface area contributed by atoms with E-state index < -0.39 is 0 Å². The maximum Gasteiger partial charge on any atom is 0.0184 e. The molecule has 0 aliphatic heterocycles. The second kappa shape index (κ2) is 3.14. The minimum Gasteiger partial charge on any atom is -0.325 e. The van der Waals surface area contributed by atoms with Crippen LogP contribution < -0.4 is 5.73 Å². The van der Waals surface area contributed by atoms with Gasteiger partial charge in [0.05, 0.1) is 0 Å². The second-order valence-electron chi connectivity index (χ2n) is 3.52. The van der Waals surface area contributed by atoms with Crippen molar-refractivity contribution in [2.75, 3.05) is 5.75 Å². The van der Waals surface area contributed by atoms with Gasteiger partial charge < -0.3 is 5.73 Å². The Bertz CT molecular complexity index is 116. The molecule has 0 aromatic carbocycles. The highest BCUT2D eigenvalue weighted by molar-refractivity contribution is 7.80. The van der Waals surface area contributed by atoms with Gasteiger partial charge in [-0.25, -0.2) is 0 Å². The van der Waals surface area contributed by atoms with Crippen LogP contribution >= 0.6 is 12.6 Å². The van der Waals surface area contributed by atoms with E-state index in [9.17, 15) is 0 Å². The lowest BCUT2D eigenvalue weighted by molar-refractivity contribution is 0.536. The molecule has 1 fully saturated rings. The standard InChI is InChI=1S/C8H17NS/c1-7-6-8(7,9)4-2-3-5-10/h7,10H,2-6,9H2,1H3. The summed E-state index contributed by atoms with van der Waals surface area (Å²) in [7, 11) is 0. The fourth-order valence-electron chi connectivity index (χ4n) is 1.43. The largest absolute Gasteiger partial charge is 0.325 e. The first-order valence-corrected chi connectivity index (χ1v) is 4.72. The van der Waals surface area contributed by atoms with E-state index in [0.29, 0.717) is 0 Å². The lowest BCUT2D eigenvalue weighted by atomic mass is 10.1. The molecule has 0 spiro atoms. The molecule has 0 amide bonds. The Balaban J connectivity index is 2.03. The lowest BCUT2D eigenvalue weighted by Gasteiger charge is -2.07. The molecule has 60 valence electrons. The number of rotatable bonds is 4. The van der Waals surface area contributed by atoms with Gasteiger partial charge in [0.2, 0.25) is 0 Å². The Morgan fingerprint density at radius 1 is 1.60 bits per heavy atom. The van der Waals surface area contributed by atoms with Gasteiger partial charge >= 0.3 is 0 Å². The molecule has 2 heteroatoms. The quantitative estimate of drug-likeness (QED) is 0.475. The Labute approximate surface area is 68.8 Å². The molecule has 1 rings (SSSR count). The minimum atomic E-state index is 0.225. The van der Waals surface area contributed by atoms with Crippen molar-refractivity contribution in [2.24, 2.45) is 11.7 Å². The zero-order chi connectivity index (χ0) is 7.61. The van der Waals surface area contributed by atoms with Crippen molar-refractivity contribution in [2.45, 2.75) is 38.1 Å². The van der Waals surface area contributed by atoms with Crippen LogP contribution in [0.25, 0.3) is 0 Å². The first kappa shape index (κ1) is 8.41. The Morgan fingerprint density at radius 2 is 2.20 bits per heavy atom. The van der Waals surface area contributed by atoms with E-state index in [2.05, 4.69) is 19.6 Å². The van der Waals surface area contributed by atoms with E-state index in [1.807, 2.05) is 0 Å². The molecule has 2 atom stereocenters. The number of hydrogen-bond donors (Lipinski definition) is 2. The highest BCUT2D eigenvalue weighted by Crippen LogP contribution is 2.44. The van der Waals surface area contributed by atoms with Crippen molar-refractivity contribution in [1.82, 2.24) is 0 Å². The van der Waals surface area contributed by atoms with Gasteiger partial charge in [0.25, 0.3) is 0 Å². The number of nitrogens with two attached hydrogens (primary N) is 1. The summed E-state index contributed by atoms with van der Waals surface area (Å²) in [6, 6.07) is 0. The van der Waals surface area contributed by atoms with Crippen LogP contribution in [0.4, 0.5) is 0 Å². The van der Waals surface area contributed by atoms with E-state index in [4.69, 9.17) is 5.73 Å². The van der Waals surface area contributed by atoms with Crippen LogP contribution in [0.1, 0.15) is 32.6 Å². The van der Waals surface area contributed by atoms with E-state index in [1.165, 1.54) is 25.7 Å². The van der Waals surface area contributed by atoms with Crippen molar-refractivity contribution < 1.29 is 0 Å². The smallest absolute Gasteiger partial charge is 0.0184 e. The summed E-state index contributed by atoms with van der Waals surface area (Å²) >= 11 is 4.15. The molecule has 1 aliphatic carbocycles. The first-order valence-electron chi connectivity index (χ1n) is 4.09. The molecule has 0 radical (unpaired) electrons. The highest BCUT2D eigenvalue weighted by Gasteiger charge is 2.46. The summed E-state index contributed by atoms with van der Waals surface area (Å²) in [5.74, 6) is 1.78. The zero-order valence-electron chi connectivity index (χ0n) is 6.64. The topological polar surface area (TPSA) is 26.0 Å². The molecule has 0 heterocycles. The Kier molecular flexibility index (Phi) is 2.64. The summed E-state index contributed by atoms with van der Waals surface area (Å²) in [6.07, 6.45) is 4.91. The third kappa shape index (κ3) is 1.89. The molecular formula is C8H17NS. The van der Waals surface area contributed by atoms with Crippen LogP contribution in [-0.2, 0) is 0 Å². The van der Waals surface area contributed by atoms with Crippen LogP contribution in [0.5, 0.6) is 0 Å². The molecule has 2 unspecified atom stereocenters. The highest BCUT2D eigenvalue weighted by atomic mass is 32.1. The van der Waals surface area contributed by atoms with Gasteiger partial charge in [0.15, 0.2) is 0 Å². The molecule has 1 aliphatic rings. The zero-order valence-corrected chi connectivity index (χ0v) is 7.53. The third-order valence-electron chi connectivity index (χ3n) is 2.56. The monoisotopic (exact) mass is 159 g/mol. The fraction of sp³-hybridized carbons (Fsp3) is 1.00. The van der Waals surface area contributed by atoms with Crippen LogP contribution in [-0.4, -0.2) is 11.3 Å². The maximum atomic E-state index is 6.01. The second-order valence-corrected chi connectivity index (χ2v) is 3.97. The molecule has 1 saturated carbocycles. The van der Waals surface area contributed by atoms with Crippen molar-refractivity contribution in [1.29, 1.82) is 0 Å². The van der Waals surface area contributed by atoms with E-state index in [0.717, 1.165) is 11.7 Å². The molecule has 0 aromatic rings. The van der Waals surface area contributed by atoms with Crippen molar-refractivity contribution >= 4 is 12.6 Å². The SMILES string of the molecule is CC1CC1(N)CCCCS. The van der Waals surface area contributed by atoms with Crippen LogP contribution in [0, 0.1) is 5.92 Å². The molecule has 0 aromatic heterocycles. The van der Waals surface area contributed by atoms with Gasteiger partial charge in [-0.3, -0.25) is 0 Å². The van der Waals surface area contributed by atoms with Crippen LogP contribution in [0.15, 0.2) is 0 Å². The lowest BCUT2D eigenvalue weighted by Crippen LogP contribution is -2.23. The van der Waals surface area contributed by atoms with E-state index in [-0.39, 0.29) is 5.54 Å². The van der Waals surface area contributed by atoms with Gasteiger partial charge in [-0.1, -0.05) is 13.3 Å². The van der Waals surface area contributed by atoms with E-state index in [1.54, 1.807) is 0 Å². The van der Waals surface area contributed by atoms with Gasteiger partial charge in [-0.15, -0.1) is 0 Å². The van der Waals surface area contributed by atoms with Gasteiger partial charge in [-0.2, -0.15) is 12.6 Å². The van der Waals surface area contributed by atoms with Crippen molar-refractivity contribution in [3.8, 4) is 0 Å². The summed E-state index contributed by atoms with van der Waals surface area (Å²) in [5, 5.41) is 0. The van der Waals surface area contributed by atoms with Crippen molar-refractivity contribution in [3.63, 3.8) is 0 Å². The minimum absolute atomic E-state index is 0.225. The number of hydrogen-bond acceptors (Lipinski definition) is 2. The molecule has 2 N–H and O–H groups in total. The average molecular weight is 159 g/mol. The summed E-state index contributed by atoms with van der Waals surface area (Å²) in [5.41, 5.74) is 6.23. The van der Waals surface area contributed by atoms with Gasteiger partial charge in [0.1, 0.15) is 0 Å². The number of thiol groups is 1. The molecule has 1 nitrogen and oxygen atoms in total. The summed E-state index contributed by atoms with van der Waals surface area (Å²) in [6.45, 7) is 2.24. The predicted molar refractivity (Wildman–Crippen MR) is 48.4 cm³/mol. The predicted octanol–water partition coefficient (Wildman–Crippen LogP) is 1.82. The average Bonchev–Trinajstić information content (AvgIpc) is 2.42. The normalized spacial score (nSPS) is 38.1. The molecule has 0 bridgehead atoms. The maximum absolute atomic E-state index is 6.01. The third-order valence-corrected chi connectivity index (χ3v) is 2.87. The van der Waals surface area contributed by atoms with Gasteiger partial charge in [0, 0.05) is 5.54 Å². The van der Waals surface area contributed by atoms with Crippen molar-refractivity contribution in [3.05, 3.63) is 0 Å². The molecule has 0 saturated heterocycles. The first-order chi connectivity index (χ1) is 4.69.